The monoisotopic (exact) mass is 423 g/mol. The van der Waals surface area contributed by atoms with Gasteiger partial charge in [-0.2, -0.15) is 0 Å². The molecular formula is C18H13ClF3N5O2. The second-order valence-electron chi connectivity index (χ2n) is 5.91. The maximum atomic E-state index is 14.2. The normalized spacial score (nSPS) is 16.0. The molecule has 0 fully saturated rings. The first kappa shape index (κ1) is 20.3. The third kappa shape index (κ3) is 4.21. The minimum atomic E-state index is -1.08. The van der Waals surface area contributed by atoms with Gasteiger partial charge in [0.2, 0.25) is 6.41 Å². The Kier molecular flexibility index (Phi) is 5.83. The largest absolute Gasteiger partial charge is 0.342 e. The van der Waals surface area contributed by atoms with Crippen LogP contribution in [0.4, 0.5) is 13.2 Å². The first-order valence-electron chi connectivity index (χ1n) is 8.13. The van der Waals surface area contributed by atoms with Crippen LogP contribution in [0.5, 0.6) is 0 Å². The Bertz CT molecular complexity index is 1060. The molecule has 7 nitrogen and oxygen atoms in total. The molecule has 2 aromatic rings. The van der Waals surface area contributed by atoms with E-state index in [-0.39, 0.29) is 39.8 Å². The Balaban J connectivity index is 2.13. The molecule has 0 bridgehead atoms. The van der Waals surface area contributed by atoms with Crippen molar-refractivity contribution in [2.75, 3.05) is 0 Å². The van der Waals surface area contributed by atoms with Crippen molar-refractivity contribution < 1.29 is 22.8 Å². The molecule has 0 spiro atoms. The third-order valence-electron chi connectivity index (χ3n) is 4.02. The lowest BCUT2D eigenvalue weighted by atomic mass is 9.95. The van der Waals surface area contributed by atoms with Gasteiger partial charge in [-0.25, -0.2) is 18.2 Å². The van der Waals surface area contributed by atoms with E-state index < -0.39 is 29.4 Å². The number of hydrogen-bond acceptors (Lipinski definition) is 5. The number of amidine groups is 1. The lowest BCUT2D eigenvalue weighted by Gasteiger charge is -2.27. The van der Waals surface area contributed by atoms with Crippen molar-refractivity contribution in [2.24, 2.45) is 4.99 Å². The highest BCUT2D eigenvalue weighted by Crippen LogP contribution is 2.35. The lowest BCUT2D eigenvalue weighted by molar-refractivity contribution is -0.122. The van der Waals surface area contributed by atoms with Crippen molar-refractivity contribution in [3.8, 4) is 0 Å². The summed E-state index contributed by atoms with van der Waals surface area (Å²) in [7, 11) is 0. The summed E-state index contributed by atoms with van der Waals surface area (Å²) in [5.74, 6) is -3.23. The predicted molar refractivity (Wildman–Crippen MR) is 98.0 cm³/mol. The Labute approximate surface area is 167 Å². The number of rotatable bonds is 5. The maximum absolute atomic E-state index is 14.2. The van der Waals surface area contributed by atoms with E-state index in [1.807, 2.05) is 5.43 Å². The van der Waals surface area contributed by atoms with Crippen molar-refractivity contribution in [3.05, 3.63) is 75.5 Å². The van der Waals surface area contributed by atoms with Crippen LogP contribution in [0.3, 0.4) is 0 Å². The summed E-state index contributed by atoms with van der Waals surface area (Å²) < 4.78 is 40.9. The molecule has 150 valence electrons. The highest BCUT2D eigenvalue weighted by atomic mass is 35.5. The van der Waals surface area contributed by atoms with Gasteiger partial charge in [-0.05, 0) is 19.1 Å². The highest BCUT2D eigenvalue weighted by Gasteiger charge is 2.32. The second kappa shape index (κ2) is 8.31. The fourth-order valence-electron chi connectivity index (χ4n) is 2.79. The van der Waals surface area contributed by atoms with E-state index >= 15 is 0 Å². The number of aliphatic imine (C=N–C) groups is 1. The zero-order valence-corrected chi connectivity index (χ0v) is 15.5. The van der Waals surface area contributed by atoms with Crippen molar-refractivity contribution in [2.45, 2.75) is 13.0 Å². The fraction of sp³-hybridized carbons (Fsp3) is 0.111. The van der Waals surface area contributed by atoms with Gasteiger partial charge < -0.3 is 5.32 Å². The van der Waals surface area contributed by atoms with Gasteiger partial charge in [0.25, 0.3) is 5.91 Å². The van der Waals surface area contributed by atoms with Crippen LogP contribution >= 0.6 is 11.6 Å². The van der Waals surface area contributed by atoms with E-state index in [2.05, 4.69) is 20.7 Å². The summed E-state index contributed by atoms with van der Waals surface area (Å²) in [6.07, 6.45) is 1.08. The molecule has 1 aromatic carbocycles. The number of nitrogens with zero attached hydrogens (tertiary/aromatic N) is 2. The molecule has 0 saturated heterocycles. The molecule has 3 rings (SSSR count). The standard InChI is InChI=1S/C18H13ClF3N5O2/c1-8-14(18(29)27-24-7-28)15(11-3-2-9(20)4-12(11)19)26-17(25-8)16-13(22)5-10(21)6-23-16/h2-7,15H,1H3,(H,24,28)(H,25,26)(H,27,29). The van der Waals surface area contributed by atoms with Crippen molar-refractivity contribution in [3.63, 3.8) is 0 Å². The van der Waals surface area contributed by atoms with E-state index in [1.54, 1.807) is 0 Å². The Morgan fingerprint density at radius 1 is 1.24 bits per heavy atom. The summed E-state index contributed by atoms with van der Waals surface area (Å²) in [5, 5.41) is 2.72. The number of nitrogens with one attached hydrogen (secondary N) is 3. The van der Waals surface area contributed by atoms with Crippen LogP contribution in [0.2, 0.25) is 5.02 Å². The molecule has 0 aliphatic carbocycles. The molecule has 29 heavy (non-hydrogen) atoms. The van der Waals surface area contributed by atoms with E-state index in [9.17, 15) is 22.8 Å². The number of hydrazine groups is 1. The summed E-state index contributed by atoms with van der Waals surface area (Å²) >= 11 is 6.14. The van der Waals surface area contributed by atoms with Crippen molar-refractivity contribution in [1.29, 1.82) is 0 Å². The zero-order valence-electron chi connectivity index (χ0n) is 14.8. The molecule has 1 atom stereocenters. The minimum Gasteiger partial charge on any atom is -0.342 e. The van der Waals surface area contributed by atoms with Gasteiger partial charge in [0.05, 0.1) is 11.8 Å². The number of allylic oxidation sites excluding steroid dienone is 1. The molecule has 2 heterocycles. The number of pyridine rings is 1. The van der Waals surface area contributed by atoms with E-state index in [4.69, 9.17) is 11.6 Å². The SMILES string of the molecule is CC1=C(C(=O)NNC=O)C(c2ccc(F)cc2Cl)N=C(c2ncc(F)cc2F)N1. The van der Waals surface area contributed by atoms with Crippen LogP contribution in [0.25, 0.3) is 0 Å². The quantitative estimate of drug-likeness (QED) is 0.508. The van der Waals surface area contributed by atoms with Gasteiger partial charge in [0, 0.05) is 22.3 Å². The van der Waals surface area contributed by atoms with Gasteiger partial charge in [-0.3, -0.25) is 25.4 Å². The molecule has 0 radical (unpaired) electrons. The fourth-order valence-corrected chi connectivity index (χ4v) is 3.06. The van der Waals surface area contributed by atoms with Gasteiger partial charge in [0.1, 0.15) is 23.4 Å². The van der Waals surface area contributed by atoms with Crippen LogP contribution in [-0.2, 0) is 9.59 Å². The molecule has 3 N–H and O–H groups in total. The lowest BCUT2D eigenvalue weighted by Crippen LogP contribution is -2.42. The number of halogens is 4. The Hall–Kier alpha value is -3.40. The molecule has 2 amide bonds. The Morgan fingerprint density at radius 3 is 2.66 bits per heavy atom. The molecule has 1 aliphatic heterocycles. The first-order valence-corrected chi connectivity index (χ1v) is 8.51. The minimum absolute atomic E-state index is 0.0195. The smallest absolute Gasteiger partial charge is 0.269 e. The number of aromatic nitrogens is 1. The van der Waals surface area contributed by atoms with Crippen LogP contribution < -0.4 is 16.2 Å². The maximum Gasteiger partial charge on any atom is 0.269 e. The number of hydrogen-bond donors (Lipinski definition) is 3. The van der Waals surface area contributed by atoms with Gasteiger partial charge in [-0.1, -0.05) is 17.7 Å². The average Bonchev–Trinajstić information content (AvgIpc) is 2.65. The summed E-state index contributed by atoms with van der Waals surface area (Å²) in [6.45, 7) is 1.51. The van der Waals surface area contributed by atoms with E-state index in [1.165, 1.54) is 13.0 Å². The van der Waals surface area contributed by atoms with Crippen molar-refractivity contribution in [1.82, 2.24) is 21.2 Å². The second-order valence-corrected chi connectivity index (χ2v) is 6.32. The van der Waals surface area contributed by atoms with Crippen molar-refractivity contribution >= 4 is 29.8 Å². The van der Waals surface area contributed by atoms with Gasteiger partial charge in [-0.15, -0.1) is 0 Å². The van der Waals surface area contributed by atoms with Gasteiger partial charge >= 0.3 is 0 Å². The third-order valence-corrected chi connectivity index (χ3v) is 4.35. The highest BCUT2D eigenvalue weighted by molar-refractivity contribution is 6.31. The number of carbonyl (C=O) groups excluding carboxylic acids is 2. The van der Waals surface area contributed by atoms with Gasteiger partial charge in [0.15, 0.2) is 11.7 Å². The van der Waals surface area contributed by atoms with Crippen LogP contribution in [0.15, 0.2) is 46.7 Å². The summed E-state index contributed by atoms with van der Waals surface area (Å²) in [6, 6.07) is 3.06. The van der Waals surface area contributed by atoms with E-state index in [0.29, 0.717) is 6.07 Å². The van der Waals surface area contributed by atoms with Crippen LogP contribution in [0, 0.1) is 17.5 Å². The number of benzene rings is 1. The summed E-state index contributed by atoms with van der Waals surface area (Å²) in [5.41, 5.74) is 4.44. The summed E-state index contributed by atoms with van der Waals surface area (Å²) in [4.78, 5) is 31.0. The molecule has 0 saturated carbocycles. The number of carbonyl (C=O) groups is 2. The zero-order chi connectivity index (χ0) is 21.1. The number of amides is 2. The molecule has 1 aliphatic rings. The molecule has 11 heteroatoms. The molecule has 1 aromatic heterocycles. The van der Waals surface area contributed by atoms with E-state index in [0.717, 1.165) is 18.3 Å². The molecular weight excluding hydrogens is 411 g/mol. The first-order chi connectivity index (χ1) is 13.8. The van der Waals surface area contributed by atoms with Crippen LogP contribution in [-0.4, -0.2) is 23.1 Å². The molecule has 1 unspecified atom stereocenters. The Morgan fingerprint density at radius 2 is 2.00 bits per heavy atom. The van der Waals surface area contributed by atoms with Crippen LogP contribution in [0.1, 0.15) is 24.2 Å². The topological polar surface area (TPSA) is 95.5 Å². The predicted octanol–water partition coefficient (Wildman–Crippen LogP) is 2.29. The average molecular weight is 424 g/mol.